The van der Waals surface area contributed by atoms with Crippen LogP contribution in [-0.2, 0) is 14.3 Å². The van der Waals surface area contributed by atoms with Crippen molar-refractivity contribution in [3.8, 4) is 0 Å². The van der Waals surface area contributed by atoms with Gasteiger partial charge in [-0.3, -0.25) is 4.18 Å². The molecule has 0 heterocycles. The van der Waals surface area contributed by atoms with Crippen LogP contribution >= 0.6 is 0 Å². The van der Waals surface area contributed by atoms with Gasteiger partial charge in [0.05, 0.1) is 12.4 Å². The van der Waals surface area contributed by atoms with E-state index in [0.29, 0.717) is 0 Å². The van der Waals surface area contributed by atoms with Gasteiger partial charge < -0.3 is 0 Å². The average molecular weight is 137 g/mol. The summed E-state index contributed by atoms with van der Waals surface area (Å²) in [6, 6.07) is 0. The van der Waals surface area contributed by atoms with Gasteiger partial charge in [0.25, 0.3) is 10.1 Å². The molecule has 3 nitrogen and oxygen atoms in total. The molecule has 49 valence electrons. The van der Waals surface area contributed by atoms with Crippen LogP contribution in [0.15, 0.2) is 0 Å². The maximum Gasteiger partial charge on any atom is 0.267 e. The highest BCUT2D eigenvalue weighted by Crippen LogP contribution is 1.89. The summed E-state index contributed by atoms with van der Waals surface area (Å²) in [6.45, 7) is 4.72. The van der Waals surface area contributed by atoms with E-state index in [9.17, 15) is 8.42 Å². The minimum atomic E-state index is -3.23. The molecule has 0 aromatic rings. The van der Waals surface area contributed by atoms with Crippen LogP contribution in [0.4, 0.5) is 0 Å². The highest BCUT2D eigenvalue weighted by atomic mass is 32.2. The smallest absolute Gasteiger partial charge is 0.267 e. The van der Waals surface area contributed by atoms with Gasteiger partial charge in [0, 0.05) is 0 Å². The van der Waals surface area contributed by atoms with Crippen LogP contribution in [-0.4, -0.2) is 20.8 Å². The van der Waals surface area contributed by atoms with Crippen LogP contribution < -0.4 is 0 Å². The summed E-state index contributed by atoms with van der Waals surface area (Å²) in [6.07, 6.45) is 0. The molecule has 8 heavy (non-hydrogen) atoms. The van der Waals surface area contributed by atoms with Gasteiger partial charge in [-0.25, -0.2) is 0 Å². The first-order valence-electron chi connectivity index (χ1n) is 2.28. The second-order valence-corrected chi connectivity index (χ2v) is 3.10. The van der Waals surface area contributed by atoms with Crippen LogP contribution in [0.1, 0.15) is 6.92 Å². The SMILES string of the molecule is [CH2]COS(=O)(=O)CC. The van der Waals surface area contributed by atoms with Crippen LogP contribution in [0.5, 0.6) is 0 Å². The molecule has 4 heteroatoms. The van der Waals surface area contributed by atoms with Crippen LogP contribution in [0.25, 0.3) is 0 Å². The Hall–Kier alpha value is -0.0900. The Labute approximate surface area is 49.8 Å². The van der Waals surface area contributed by atoms with E-state index in [0.717, 1.165) is 0 Å². The van der Waals surface area contributed by atoms with Gasteiger partial charge in [-0.15, -0.1) is 0 Å². The summed E-state index contributed by atoms with van der Waals surface area (Å²) >= 11 is 0. The van der Waals surface area contributed by atoms with Crippen molar-refractivity contribution in [2.45, 2.75) is 6.92 Å². The molecule has 0 aliphatic carbocycles. The third-order valence-corrected chi connectivity index (χ3v) is 1.85. The van der Waals surface area contributed by atoms with E-state index >= 15 is 0 Å². The van der Waals surface area contributed by atoms with Crippen LogP contribution in [0, 0.1) is 6.92 Å². The normalized spacial score (nSPS) is 11.8. The summed E-state index contributed by atoms with van der Waals surface area (Å²) in [7, 11) is -3.23. The zero-order valence-corrected chi connectivity index (χ0v) is 5.57. The second-order valence-electron chi connectivity index (χ2n) is 1.17. The van der Waals surface area contributed by atoms with E-state index in [1.165, 1.54) is 6.92 Å². The molecule has 0 N–H and O–H groups in total. The first-order valence-corrected chi connectivity index (χ1v) is 3.86. The molecule has 0 aromatic heterocycles. The van der Waals surface area contributed by atoms with E-state index in [4.69, 9.17) is 0 Å². The standard InChI is InChI=1S/C4H9O3S/c1-3-7-8(5,6)4-2/h1,3-4H2,2H3. The Bertz CT molecular complexity index is 135. The van der Waals surface area contributed by atoms with Crippen LogP contribution in [0.3, 0.4) is 0 Å². The molecule has 0 rings (SSSR count). The van der Waals surface area contributed by atoms with Crippen molar-refractivity contribution in [1.29, 1.82) is 0 Å². The molecule has 1 radical (unpaired) electrons. The van der Waals surface area contributed by atoms with Crippen molar-refractivity contribution in [1.82, 2.24) is 0 Å². The second kappa shape index (κ2) is 3.04. The monoisotopic (exact) mass is 137 g/mol. The Morgan fingerprint density at radius 2 is 2.12 bits per heavy atom. The fourth-order valence-corrected chi connectivity index (χ4v) is 0.631. The van der Waals surface area contributed by atoms with Crippen molar-refractivity contribution >= 4 is 10.1 Å². The van der Waals surface area contributed by atoms with E-state index in [1.807, 2.05) is 0 Å². The van der Waals surface area contributed by atoms with Gasteiger partial charge in [-0.2, -0.15) is 8.42 Å². The fourth-order valence-electron chi connectivity index (χ4n) is 0.210. The van der Waals surface area contributed by atoms with Crippen molar-refractivity contribution in [3.05, 3.63) is 6.92 Å². The maximum atomic E-state index is 10.3. The van der Waals surface area contributed by atoms with Gasteiger partial charge in [0.2, 0.25) is 0 Å². The van der Waals surface area contributed by atoms with E-state index in [2.05, 4.69) is 11.1 Å². The van der Waals surface area contributed by atoms with Crippen molar-refractivity contribution < 1.29 is 12.6 Å². The summed E-state index contributed by atoms with van der Waals surface area (Å²) < 4.78 is 24.9. The predicted molar refractivity (Wildman–Crippen MR) is 30.8 cm³/mol. The minimum Gasteiger partial charge on any atom is -0.270 e. The minimum absolute atomic E-state index is 0.0164. The Morgan fingerprint density at radius 3 is 2.25 bits per heavy atom. The summed E-state index contributed by atoms with van der Waals surface area (Å²) in [5.74, 6) is 0.0164. The lowest BCUT2D eigenvalue weighted by Gasteiger charge is -1.95. The van der Waals surface area contributed by atoms with Crippen molar-refractivity contribution in [2.24, 2.45) is 0 Å². The van der Waals surface area contributed by atoms with Crippen molar-refractivity contribution in [2.75, 3.05) is 12.4 Å². The average Bonchev–Trinajstić information content (AvgIpc) is 1.67. The highest BCUT2D eigenvalue weighted by molar-refractivity contribution is 7.86. The number of hydrogen-bond acceptors (Lipinski definition) is 3. The Balaban J connectivity index is 3.76. The third kappa shape index (κ3) is 2.98. The zero-order valence-electron chi connectivity index (χ0n) is 4.75. The molecule has 0 atom stereocenters. The molecule has 0 saturated carbocycles. The van der Waals surface area contributed by atoms with E-state index in [1.54, 1.807) is 0 Å². The Kier molecular flexibility index (Phi) is 3.01. The molecule has 0 aliphatic rings. The molecule has 0 saturated heterocycles. The molecular formula is C4H9O3S. The quantitative estimate of drug-likeness (QED) is 0.521. The summed E-state index contributed by atoms with van der Waals surface area (Å²) in [4.78, 5) is 0. The molecule has 0 bridgehead atoms. The van der Waals surface area contributed by atoms with Gasteiger partial charge in [0.15, 0.2) is 0 Å². The largest absolute Gasteiger partial charge is 0.270 e. The number of rotatable bonds is 3. The molecular weight excluding hydrogens is 128 g/mol. The zero-order chi connectivity index (χ0) is 6.62. The van der Waals surface area contributed by atoms with Gasteiger partial charge >= 0.3 is 0 Å². The molecule has 0 aliphatic heterocycles. The van der Waals surface area contributed by atoms with Crippen LogP contribution in [0.2, 0.25) is 0 Å². The topological polar surface area (TPSA) is 43.4 Å². The molecule has 0 amide bonds. The number of hydrogen-bond donors (Lipinski definition) is 0. The van der Waals surface area contributed by atoms with Gasteiger partial charge in [0.1, 0.15) is 0 Å². The lowest BCUT2D eigenvalue weighted by Crippen LogP contribution is -2.07. The Morgan fingerprint density at radius 1 is 1.62 bits per heavy atom. The lowest BCUT2D eigenvalue weighted by atomic mass is 10.9. The maximum absolute atomic E-state index is 10.3. The molecule has 0 unspecified atom stereocenters. The molecule has 0 aromatic carbocycles. The summed E-state index contributed by atoms with van der Waals surface area (Å²) in [5, 5.41) is 0. The first kappa shape index (κ1) is 7.91. The van der Waals surface area contributed by atoms with E-state index in [-0.39, 0.29) is 12.4 Å². The molecule has 0 fully saturated rings. The summed E-state index contributed by atoms with van der Waals surface area (Å²) in [5.41, 5.74) is 0. The van der Waals surface area contributed by atoms with Crippen molar-refractivity contribution in [3.63, 3.8) is 0 Å². The van der Waals surface area contributed by atoms with Gasteiger partial charge in [-0.1, -0.05) is 0 Å². The first-order chi connectivity index (χ1) is 3.62. The molecule has 0 spiro atoms. The van der Waals surface area contributed by atoms with E-state index < -0.39 is 10.1 Å². The van der Waals surface area contributed by atoms with Gasteiger partial charge in [-0.05, 0) is 13.8 Å². The third-order valence-electron chi connectivity index (χ3n) is 0.616. The fraction of sp³-hybridized carbons (Fsp3) is 0.750. The lowest BCUT2D eigenvalue weighted by molar-refractivity contribution is 0.356. The highest BCUT2D eigenvalue weighted by Gasteiger charge is 2.02. The predicted octanol–water partition coefficient (Wildman–Crippen LogP) is 0.187.